The first-order valence-electron chi connectivity index (χ1n) is 6.92. The normalized spacial score (nSPS) is 12.0. The van der Waals surface area contributed by atoms with Gasteiger partial charge in [-0.25, -0.2) is 4.98 Å². The highest BCUT2D eigenvalue weighted by molar-refractivity contribution is 9.10. The number of fused-ring (bicyclic) bond motifs is 1. The first kappa shape index (κ1) is 14.1. The van der Waals surface area contributed by atoms with Crippen molar-refractivity contribution in [2.75, 3.05) is 5.73 Å². The molecule has 0 aliphatic carbocycles. The lowest BCUT2D eigenvalue weighted by molar-refractivity contribution is 0.413. The third-order valence-corrected chi connectivity index (χ3v) is 4.22. The number of nitrogen functional groups attached to an aromatic ring is 1. The molecule has 0 amide bonds. The van der Waals surface area contributed by atoms with E-state index in [4.69, 9.17) is 10.7 Å². The first-order chi connectivity index (χ1) is 9.89. The lowest BCUT2D eigenvalue weighted by Gasteiger charge is -2.25. The summed E-state index contributed by atoms with van der Waals surface area (Å²) in [4.78, 5) is 4.81. The molecule has 0 fully saturated rings. The minimum atomic E-state index is -0.0831. The van der Waals surface area contributed by atoms with Crippen LogP contribution in [0, 0.1) is 0 Å². The number of nitrogens with two attached hydrogens (primary N) is 1. The fraction of sp³-hybridized carbons (Fsp3) is 0.235. The number of nitrogens with zero attached hydrogens (tertiary/aromatic N) is 2. The third-order valence-electron chi connectivity index (χ3n) is 3.53. The van der Waals surface area contributed by atoms with Crippen LogP contribution in [0.25, 0.3) is 22.4 Å². The quantitative estimate of drug-likeness (QED) is 0.644. The molecule has 0 unspecified atom stereocenters. The highest BCUT2D eigenvalue weighted by atomic mass is 79.9. The molecule has 0 aliphatic heterocycles. The minimum Gasteiger partial charge on any atom is -0.397 e. The first-order valence-corrected chi connectivity index (χ1v) is 7.71. The summed E-state index contributed by atoms with van der Waals surface area (Å²) in [6.07, 6.45) is 0. The Balaban J connectivity index is 2.40. The minimum absolute atomic E-state index is 0.0831. The van der Waals surface area contributed by atoms with E-state index in [0.29, 0.717) is 0 Å². The second kappa shape index (κ2) is 4.88. The van der Waals surface area contributed by atoms with Crippen molar-refractivity contribution in [3.05, 3.63) is 46.9 Å². The molecule has 0 aliphatic rings. The van der Waals surface area contributed by atoms with Crippen LogP contribution in [0.1, 0.15) is 20.8 Å². The molecule has 21 heavy (non-hydrogen) atoms. The van der Waals surface area contributed by atoms with E-state index in [-0.39, 0.29) is 5.54 Å². The molecule has 108 valence electrons. The summed E-state index contributed by atoms with van der Waals surface area (Å²) in [7, 11) is 0. The van der Waals surface area contributed by atoms with Gasteiger partial charge in [-0.1, -0.05) is 18.2 Å². The van der Waals surface area contributed by atoms with Gasteiger partial charge in [0.25, 0.3) is 0 Å². The predicted molar refractivity (Wildman–Crippen MR) is 92.3 cm³/mol. The van der Waals surface area contributed by atoms with Gasteiger partial charge in [-0.15, -0.1) is 0 Å². The van der Waals surface area contributed by atoms with Crippen LogP contribution in [0.3, 0.4) is 0 Å². The Morgan fingerprint density at radius 3 is 2.48 bits per heavy atom. The molecule has 0 saturated carbocycles. The molecule has 0 bridgehead atoms. The molecule has 3 nitrogen and oxygen atoms in total. The summed E-state index contributed by atoms with van der Waals surface area (Å²) >= 11 is 3.50. The average molecular weight is 344 g/mol. The van der Waals surface area contributed by atoms with Crippen LogP contribution in [0.15, 0.2) is 46.9 Å². The van der Waals surface area contributed by atoms with Crippen molar-refractivity contribution in [3.8, 4) is 11.4 Å². The number of anilines is 1. The maximum atomic E-state index is 6.25. The zero-order chi connectivity index (χ0) is 15.2. The maximum absolute atomic E-state index is 6.25. The molecular weight excluding hydrogens is 326 g/mol. The summed E-state index contributed by atoms with van der Waals surface area (Å²) in [5, 5.41) is 0. The molecule has 0 spiro atoms. The van der Waals surface area contributed by atoms with Crippen LogP contribution in [0.5, 0.6) is 0 Å². The van der Waals surface area contributed by atoms with Gasteiger partial charge in [0.15, 0.2) is 0 Å². The summed E-state index contributed by atoms with van der Waals surface area (Å²) in [5.41, 5.74) is 9.95. The number of hydrogen-bond acceptors (Lipinski definition) is 2. The molecule has 1 aromatic heterocycles. The van der Waals surface area contributed by atoms with Crippen LogP contribution in [0.2, 0.25) is 0 Å². The summed E-state index contributed by atoms with van der Waals surface area (Å²) < 4.78 is 3.15. The molecule has 3 rings (SSSR count). The number of para-hydroxylation sites is 3. The van der Waals surface area contributed by atoms with Crippen molar-refractivity contribution < 1.29 is 0 Å². The van der Waals surface area contributed by atoms with Crippen LogP contribution in [-0.4, -0.2) is 9.55 Å². The Kier molecular flexibility index (Phi) is 3.29. The van der Waals surface area contributed by atoms with Crippen LogP contribution in [-0.2, 0) is 5.54 Å². The number of imidazole rings is 1. The van der Waals surface area contributed by atoms with E-state index in [1.165, 1.54) is 0 Å². The topological polar surface area (TPSA) is 43.8 Å². The van der Waals surface area contributed by atoms with E-state index >= 15 is 0 Å². The zero-order valence-corrected chi connectivity index (χ0v) is 14.0. The SMILES string of the molecule is CC(C)(C)n1c(-c2cccc(Br)c2N)nc2ccccc21. The number of halogens is 1. The second-order valence-corrected chi connectivity index (χ2v) is 6.99. The van der Waals surface area contributed by atoms with Crippen LogP contribution >= 0.6 is 15.9 Å². The van der Waals surface area contributed by atoms with Gasteiger partial charge in [0.1, 0.15) is 5.82 Å². The number of rotatable bonds is 1. The van der Waals surface area contributed by atoms with Gasteiger partial charge < -0.3 is 10.3 Å². The van der Waals surface area contributed by atoms with Gasteiger partial charge in [0.05, 0.1) is 16.7 Å². The summed E-state index contributed by atoms with van der Waals surface area (Å²) in [6.45, 7) is 6.54. The van der Waals surface area contributed by atoms with Crippen molar-refractivity contribution >= 4 is 32.7 Å². The van der Waals surface area contributed by atoms with Gasteiger partial charge >= 0.3 is 0 Å². The molecule has 3 aromatic rings. The van der Waals surface area contributed by atoms with Crippen molar-refractivity contribution in [2.45, 2.75) is 26.3 Å². The highest BCUT2D eigenvalue weighted by Gasteiger charge is 2.23. The molecule has 4 heteroatoms. The van der Waals surface area contributed by atoms with Gasteiger partial charge in [0, 0.05) is 15.6 Å². The van der Waals surface area contributed by atoms with Gasteiger partial charge in [-0.2, -0.15) is 0 Å². The lowest BCUT2D eigenvalue weighted by Crippen LogP contribution is -2.22. The fourth-order valence-corrected chi connectivity index (χ4v) is 2.98. The van der Waals surface area contributed by atoms with E-state index in [1.54, 1.807) is 0 Å². The standard InChI is InChI=1S/C17H18BrN3/c1-17(2,3)21-14-10-5-4-9-13(14)20-16(21)11-7-6-8-12(18)15(11)19/h4-10H,19H2,1-3H3. The Labute approximate surface area is 132 Å². The Morgan fingerprint density at radius 1 is 1.05 bits per heavy atom. The largest absolute Gasteiger partial charge is 0.397 e. The Morgan fingerprint density at radius 2 is 1.76 bits per heavy atom. The molecule has 2 aromatic carbocycles. The fourth-order valence-electron chi connectivity index (χ4n) is 2.62. The van der Waals surface area contributed by atoms with E-state index in [9.17, 15) is 0 Å². The Hall–Kier alpha value is -1.81. The van der Waals surface area contributed by atoms with Gasteiger partial charge in [-0.05, 0) is 61.0 Å². The third kappa shape index (κ3) is 2.33. The molecule has 2 N–H and O–H groups in total. The van der Waals surface area contributed by atoms with E-state index in [2.05, 4.69) is 47.3 Å². The molecule has 0 atom stereocenters. The van der Waals surface area contributed by atoms with Gasteiger partial charge in [-0.3, -0.25) is 0 Å². The predicted octanol–water partition coefficient (Wildman–Crippen LogP) is 4.80. The number of hydrogen-bond donors (Lipinski definition) is 1. The van der Waals surface area contributed by atoms with Crippen molar-refractivity contribution in [1.82, 2.24) is 9.55 Å². The molecule has 0 radical (unpaired) electrons. The van der Waals surface area contributed by atoms with Crippen molar-refractivity contribution in [1.29, 1.82) is 0 Å². The zero-order valence-electron chi connectivity index (χ0n) is 12.4. The number of benzene rings is 2. The Bertz CT molecular complexity index is 813. The van der Waals surface area contributed by atoms with E-state index in [0.717, 1.165) is 32.6 Å². The average Bonchev–Trinajstić information content (AvgIpc) is 2.80. The number of aromatic nitrogens is 2. The molecule has 0 saturated heterocycles. The summed E-state index contributed by atoms with van der Waals surface area (Å²) in [6, 6.07) is 14.1. The van der Waals surface area contributed by atoms with Crippen LogP contribution < -0.4 is 5.73 Å². The summed E-state index contributed by atoms with van der Waals surface area (Å²) in [5.74, 6) is 0.905. The van der Waals surface area contributed by atoms with Crippen molar-refractivity contribution in [3.63, 3.8) is 0 Å². The molecule has 1 heterocycles. The second-order valence-electron chi connectivity index (χ2n) is 6.13. The van der Waals surface area contributed by atoms with E-state index < -0.39 is 0 Å². The lowest BCUT2D eigenvalue weighted by atomic mass is 10.1. The van der Waals surface area contributed by atoms with Crippen molar-refractivity contribution in [2.24, 2.45) is 0 Å². The molecular formula is C17H18BrN3. The highest BCUT2D eigenvalue weighted by Crippen LogP contribution is 2.36. The van der Waals surface area contributed by atoms with E-state index in [1.807, 2.05) is 36.4 Å². The van der Waals surface area contributed by atoms with Gasteiger partial charge in [0.2, 0.25) is 0 Å². The van der Waals surface area contributed by atoms with Crippen LogP contribution in [0.4, 0.5) is 5.69 Å². The monoisotopic (exact) mass is 343 g/mol. The maximum Gasteiger partial charge on any atom is 0.143 e. The smallest absolute Gasteiger partial charge is 0.143 e.